The van der Waals surface area contributed by atoms with Gasteiger partial charge in [0.05, 0.1) is 0 Å². The number of nitrogens with one attached hydrogen (secondary N) is 1. The summed E-state index contributed by atoms with van der Waals surface area (Å²) in [5, 5.41) is 11.4. The monoisotopic (exact) mass is 183 g/mol. The lowest BCUT2D eigenvalue weighted by molar-refractivity contribution is -0.135. The van der Waals surface area contributed by atoms with Gasteiger partial charge in [0.15, 0.2) is 0 Å². The molecule has 0 bridgehead atoms. The quantitative estimate of drug-likeness (QED) is 0.587. The second-order valence-corrected chi connectivity index (χ2v) is 3.98. The summed E-state index contributed by atoms with van der Waals surface area (Å²) in [7, 11) is 0. The smallest absolute Gasteiger partial charge is 0.341 e. The van der Waals surface area contributed by atoms with Crippen molar-refractivity contribution in [2.24, 2.45) is 0 Å². The molecule has 0 aromatic carbocycles. The second-order valence-electron chi connectivity index (χ2n) is 3.98. The molecule has 4 heteroatoms. The van der Waals surface area contributed by atoms with Crippen molar-refractivity contribution in [2.75, 3.05) is 0 Å². The number of carbonyl (C=O) groups excluding carboxylic acids is 1. The first-order valence-electron chi connectivity index (χ1n) is 4.09. The summed E-state index contributed by atoms with van der Waals surface area (Å²) in [6.07, 6.45) is 0.584. The van der Waals surface area contributed by atoms with E-state index in [0.29, 0.717) is 12.0 Å². The van der Waals surface area contributed by atoms with Crippen molar-refractivity contribution >= 4 is 11.9 Å². The van der Waals surface area contributed by atoms with E-state index in [1.807, 2.05) is 13.8 Å². The molecule has 1 amide bonds. The van der Waals surface area contributed by atoms with E-state index in [-0.39, 0.29) is 11.1 Å². The molecule has 0 atom stereocenters. The van der Waals surface area contributed by atoms with Crippen molar-refractivity contribution in [2.45, 2.75) is 32.7 Å². The number of hydrogen-bond donors (Lipinski definition) is 2. The molecule has 0 spiro atoms. The molecule has 1 aliphatic heterocycles. The molecule has 1 heterocycles. The Morgan fingerprint density at radius 1 is 1.54 bits per heavy atom. The molecule has 0 saturated carbocycles. The van der Waals surface area contributed by atoms with Crippen LogP contribution in [0.4, 0.5) is 0 Å². The third kappa shape index (κ3) is 1.88. The van der Waals surface area contributed by atoms with E-state index in [0.717, 1.165) is 0 Å². The SMILES string of the molecule is CC1=C(C(=O)O)C(=O)NC(C)(C)C1. The average Bonchev–Trinajstić information content (AvgIpc) is 1.78. The van der Waals surface area contributed by atoms with Crippen LogP contribution in [0.5, 0.6) is 0 Å². The van der Waals surface area contributed by atoms with Crippen LogP contribution in [0, 0.1) is 0 Å². The highest BCUT2D eigenvalue weighted by atomic mass is 16.4. The van der Waals surface area contributed by atoms with Crippen molar-refractivity contribution in [1.29, 1.82) is 0 Å². The Morgan fingerprint density at radius 3 is 2.46 bits per heavy atom. The zero-order valence-electron chi connectivity index (χ0n) is 7.97. The van der Waals surface area contributed by atoms with Crippen molar-refractivity contribution in [1.82, 2.24) is 5.32 Å². The average molecular weight is 183 g/mol. The Bertz CT molecular complexity index is 302. The summed E-state index contributed by atoms with van der Waals surface area (Å²) in [6, 6.07) is 0. The molecule has 0 aromatic rings. The van der Waals surface area contributed by atoms with Crippen molar-refractivity contribution in [3.8, 4) is 0 Å². The molecule has 0 unspecified atom stereocenters. The van der Waals surface area contributed by atoms with Gasteiger partial charge in [-0.1, -0.05) is 5.57 Å². The zero-order valence-corrected chi connectivity index (χ0v) is 7.97. The topological polar surface area (TPSA) is 66.4 Å². The largest absolute Gasteiger partial charge is 0.477 e. The minimum absolute atomic E-state index is 0.112. The molecular formula is C9H13NO3. The van der Waals surface area contributed by atoms with Crippen LogP contribution in [0.15, 0.2) is 11.1 Å². The Balaban J connectivity index is 3.09. The first-order valence-corrected chi connectivity index (χ1v) is 4.09. The van der Waals surface area contributed by atoms with E-state index < -0.39 is 11.9 Å². The molecule has 0 aliphatic carbocycles. The van der Waals surface area contributed by atoms with Crippen LogP contribution in [-0.2, 0) is 9.59 Å². The van der Waals surface area contributed by atoms with Crippen LogP contribution in [0.25, 0.3) is 0 Å². The van der Waals surface area contributed by atoms with Gasteiger partial charge in [0, 0.05) is 5.54 Å². The lowest BCUT2D eigenvalue weighted by atomic mass is 9.88. The zero-order chi connectivity index (χ0) is 10.2. The van der Waals surface area contributed by atoms with Crippen LogP contribution < -0.4 is 5.32 Å². The highest BCUT2D eigenvalue weighted by Crippen LogP contribution is 2.24. The van der Waals surface area contributed by atoms with Crippen LogP contribution in [0.2, 0.25) is 0 Å². The van der Waals surface area contributed by atoms with Gasteiger partial charge >= 0.3 is 5.97 Å². The first-order chi connectivity index (χ1) is 5.83. The molecule has 0 saturated heterocycles. The van der Waals surface area contributed by atoms with Crippen molar-refractivity contribution < 1.29 is 14.7 Å². The number of hydrogen-bond acceptors (Lipinski definition) is 2. The van der Waals surface area contributed by atoms with Gasteiger partial charge in [0.2, 0.25) is 0 Å². The summed E-state index contributed by atoms with van der Waals surface area (Å²) in [4.78, 5) is 22.0. The third-order valence-electron chi connectivity index (χ3n) is 2.03. The predicted octanol–water partition coefficient (Wildman–Crippen LogP) is 0.686. The van der Waals surface area contributed by atoms with Crippen LogP contribution in [-0.4, -0.2) is 22.5 Å². The van der Waals surface area contributed by atoms with Crippen LogP contribution in [0.1, 0.15) is 27.2 Å². The maximum Gasteiger partial charge on any atom is 0.341 e. The van der Waals surface area contributed by atoms with Crippen LogP contribution >= 0.6 is 0 Å². The number of rotatable bonds is 1. The fourth-order valence-corrected chi connectivity index (χ4v) is 1.64. The molecule has 2 N–H and O–H groups in total. The van der Waals surface area contributed by atoms with E-state index in [1.54, 1.807) is 6.92 Å². The second kappa shape index (κ2) is 2.87. The van der Waals surface area contributed by atoms with Crippen LogP contribution in [0.3, 0.4) is 0 Å². The Labute approximate surface area is 76.6 Å². The summed E-state index contributed by atoms with van der Waals surface area (Å²) >= 11 is 0. The molecule has 72 valence electrons. The summed E-state index contributed by atoms with van der Waals surface area (Å²) in [5.41, 5.74) is 0.195. The van der Waals surface area contributed by atoms with Gasteiger partial charge in [-0.05, 0) is 27.2 Å². The van der Waals surface area contributed by atoms with Gasteiger partial charge in [0.1, 0.15) is 5.57 Å². The fourth-order valence-electron chi connectivity index (χ4n) is 1.64. The number of aliphatic carboxylic acids is 1. The Hall–Kier alpha value is -1.32. The van der Waals surface area contributed by atoms with E-state index in [2.05, 4.69) is 5.32 Å². The molecule has 1 aliphatic rings. The molecule has 1 rings (SSSR count). The number of amides is 1. The minimum atomic E-state index is -1.15. The normalized spacial score (nSPS) is 21.3. The predicted molar refractivity (Wildman–Crippen MR) is 47.2 cm³/mol. The van der Waals surface area contributed by atoms with Gasteiger partial charge in [-0.2, -0.15) is 0 Å². The van der Waals surface area contributed by atoms with E-state index >= 15 is 0 Å². The highest BCUT2D eigenvalue weighted by Gasteiger charge is 2.33. The summed E-state index contributed by atoms with van der Waals surface area (Å²) < 4.78 is 0. The first kappa shape index (κ1) is 9.77. The van der Waals surface area contributed by atoms with Crippen molar-refractivity contribution in [3.63, 3.8) is 0 Å². The lowest BCUT2D eigenvalue weighted by Gasteiger charge is -2.31. The van der Waals surface area contributed by atoms with Gasteiger partial charge in [-0.15, -0.1) is 0 Å². The molecule has 4 nitrogen and oxygen atoms in total. The maximum absolute atomic E-state index is 11.3. The van der Waals surface area contributed by atoms with Crippen molar-refractivity contribution in [3.05, 3.63) is 11.1 Å². The molecular weight excluding hydrogens is 170 g/mol. The van der Waals surface area contributed by atoms with E-state index in [9.17, 15) is 9.59 Å². The number of carbonyl (C=O) groups is 2. The third-order valence-corrected chi connectivity index (χ3v) is 2.03. The molecule has 0 radical (unpaired) electrons. The standard InChI is InChI=1S/C9H13NO3/c1-5-4-9(2,3)10-7(11)6(5)8(12)13/h4H2,1-3H3,(H,10,11)(H,12,13). The summed E-state index contributed by atoms with van der Waals surface area (Å²) in [5.74, 6) is -1.63. The lowest BCUT2D eigenvalue weighted by Crippen LogP contribution is -2.48. The van der Waals surface area contributed by atoms with E-state index in [4.69, 9.17) is 5.11 Å². The Kier molecular flexibility index (Phi) is 2.15. The van der Waals surface area contributed by atoms with Gasteiger partial charge in [0.25, 0.3) is 5.91 Å². The minimum Gasteiger partial charge on any atom is -0.477 e. The van der Waals surface area contributed by atoms with Gasteiger partial charge in [-0.25, -0.2) is 4.79 Å². The van der Waals surface area contributed by atoms with E-state index in [1.165, 1.54) is 0 Å². The Morgan fingerprint density at radius 2 is 2.08 bits per heavy atom. The molecule has 0 fully saturated rings. The molecule has 13 heavy (non-hydrogen) atoms. The number of carboxylic acids is 1. The highest BCUT2D eigenvalue weighted by molar-refractivity contribution is 6.17. The van der Waals surface area contributed by atoms with Gasteiger partial charge < -0.3 is 10.4 Å². The fraction of sp³-hybridized carbons (Fsp3) is 0.556. The van der Waals surface area contributed by atoms with Gasteiger partial charge in [-0.3, -0.25) is 4.79 Å². The summed E-state index contributed by atoms with van der Waals surface area (Å²) in [6.45, 7) is 5.42. The number of carboxylic acid groups (broad SMARTS) is 1. The molecule has 0 aromatic heterocycles. The maximum atomic E-state index is 11.3.